The van der Waals surface area contributed by atoms with Crippen LogP contribution >= 0.6 is 11.3 Å². The maximum Gasteiger partial charge on any atom is 0.338 e. The number of allylic oxidation sites excluding steroid dienone is 1. The van der Waals surface area contributed by atoms with Gasteiger partial charge in [-0.1, -0.05) is 43.4 Å². The van der Waals surface area contributed by atoms with E-state index in [0.717, 1.165) is 5.56 Å². The van der Waals surface area contributed by atoms with Crippen molar-refractivity contribution in [2.45, 2.75) is 33.7 Å². The lowest BCUT2D eigenvalue weighted by molar-refractivity contribution is -0.140. The Hall–Kier alpha value is -4.18. The smallest absolute Gasteiger partial charge is 0.338 e. The standard InChI is InChI=1S/C29H30N2O7S/c1-16(2)15-37-28(34)25-17(3)30-29-31(26(25)20-10-11-22(38-18(4)32)23(14-20)36-6)27(33)24(39-29)13-19-8-7-9-21(12-19)35-5/h7-14,16,26H,15H2,1-6H3/b24-13+/t26-/m0/s1. The van der Waals surface area contributed by atoms with Gasteiger partial charge in [-0.3, -0.25) is 14.2 Å². The van der Waals surface area contributed by atoms with E-state index in [2.05, 4.69) is 4.99 Å². The molecule has 0 saturated carbocycles. The number of fused-ring (bicyclic) bond motifs is 1. The molecule has 39 heavy (non-hydrogen) atoms. The van der Waals surface area contributed by atoms with Gasteiger partial charge < -0.3 is 18.9 Å². The zero-order valence-corrected chi connectivity index (χ0v) is 23.5. The van der Waals surface area contributed by atoms with Crippen molar-refractivity contribution in [3.63, 3.8) is 0 Å². The van der Waals surface area contributed by atoms with Crippen LogP contribution in [0.2, 0.25) is 0 Å². The third-order valence-corrected chi connectivity index (χ3v) is 6.92. The lowest BCUT2D eigenvalue weighted by Gasteiger charge is -2.25. The molecule has 0 N–H and O–H groups in total. The molecule has 0 spiro atoms. The molecule has 1 aromatic heterocycles. The second-order valence-electron chi connectivity index (χ2n) is 9.35. The van der Waals surface area contributed by atoms with Crippen LogP contribution in [0.25, 0.3) is 6.08 Å². The summed E-state index contributed by atoms with van der Waals surface area (Å²) < 4.78 is 23.6. The summed E-state index contributed by atoms with van der Waals surface area (Å²) >= 11 is 1.23. The number of carbonyl (C=O) groups is 2. The maximum absolute atomic E-state index is 13.8. The lowest BCUT2D eigenvalue weighted by atomic mass is 9.95. The first kappa shape index (κ1) is 27.8. The first-order valence-corrected chi connectivity index (χ1v) is 13.1. The highest BCUT2D eigenvalue weighted by atomic mass is 32.1. The van der Waals surface area contributed by atoms with E-state index in [1.54, 1.807) is 38.3 Å². The summed E-state index contributed by atoms with van der Waals surface area (Å²) in [6.07, 6.45) is 1.77. The van der Waals surface area contributed by atoms with E-state index in [0.29, 0.717) is 26.3 Å². The highest BCUT2D eigenvalue weighted by molar-refractivity contribution is 7.07. The highest BCUT2D eigenvalue weighted by Gasteiger charge is 2.34. The number of carbonyl (C=O) groups excluding carboxylic acids is 2. The van der Waals surface area contributed by atoms with E-state index in [9.17, 15) is 14.4 Å². The second kappa shape index (κ2) is 11.7. The molecule has 0 aliphatic carbocycles. The van der Waals surface area contributed by atoms with Crippen molar-refractivity contribution < 1.29 is 28.5 Å². The van der Waals surface area contributed by atoms with Gasteiger partial charge in [-0.25, -0.2) is 9.79 Å². The van der Waals surface area contributed by atoms with Gasteiger partial charge in [-0.2, -0.15) is 0 Å². The Bertz CT molecular complexity index is 1630. The molecule has 0 unspecified atom stereocenters. The zero-order chi connectivity index (χ0) is 28.3. The monoisotopic (exact) mass is 550 g/mol. The molecular weight excluding hydrogens is 520 g/mol. The molecule has 1 aliphatic heterocycles. The molecule has 4 rings (SSSR count). The Morgan fingerprint density at radius 3 is 2.54 bits per heavy atom. The molecular formula is C29H30N2O7S. The van der Waals surface area contributed by atoms with Gasteiger partial charge in [-0.05, 0) is 54.3 Å². The zero-order valence-electron chi connectivity index (χ0n) is 22.6. The van der Waals surface area contributed by atoms with Gasteiger partial charge in [0.25, 0.3) is 5.56 Å². The molecule has 2 aromatic carbocycles. The van der Waals surface area contributed by atoms with Crippen molar-refractivity contribution in [3.05, 3.63) is 84.5 Å². The van der Waals surface area contributed by atoms with Crippen LogP contribution in [-0.4, -0.2) is 37.3 Å². The van der Waals surface area contributed by atoms with Crippen LogP contribution in [-0.2, 0) is 14.3 Å². The van der Waals surface area contributed by atoms with Gasteiger partial charge in [-0.15, -0.1) is 0 Å². The average molecular weight is 551 g/mol. The molecule has 1 atom stereocenters. The minimum atomic E-state index is -0.839. The van der Waals surface area contributed by atoms with Gasteiger partial charge >= 0.3 is 11.9 Å². The first-order chi connectivity index (χ1) is 18.6. The average Bonchev–Trinajstić information content (AvgIpc) is 3.20. The SMILES string of the molecule is COc1cccc(/C=c2/sc3n(c2=O)[C@@H](c2ccc(OC(C)=O)c(OC)c2)C(C(=O)OCC(C)C)=C(C)N=3)c1. The van der Waals surface area contributed by atoms with Crippen molar-refractivity contribution in [1.29, 1.82) is 0 Å². The van der Waals surface area contributed by atoms with Crippen LogP contribution in [0.3, 0.4) is 0 Å². The fourth-order valence-corrected chi connectivity index (χ4v) is 5.24. The molecule has 0 bridgehead atoms. The molecule has 0 radical (unpaired) electrons. The summed E-state index contributed by atoms with van der Waals surface area (Å²) in [7, 11) is 3.03. The molecule has 0 fully saturated rings. The minimum absolute atomic E-state index is 0.125. The highest BCUT2D eigenvalue weighted by Crippen LogP contribution is 2.36. The van der Waals surface area contributed by atoms with Gasteiger partial charge in [0.05, 0.1) is 42.7 Å². The Morgan fingerprint density at radius 2 is 1.87 bits per heavy atom. The number of ether oxygens (including phenoxy) is 4. The van der Waals surface area contributed by atoms with E-state index in [4.69, 9.17) is 18.9 Å². The predicted octanol–water partition coefficient (Wildman–Crippen LogP) is 3.38. The topological polar surface area (TPSA) is 105 Å². The molecule has 204 valence electrons. The van der Waals surface area contributed by atoms with Gasteiger partial charge in [0.2, 0.25) is 0 Å². The number of methoxy groups -OCH3 is 2. The van der Waals surface area contributed by atoms with Crippen LogP contribution in [0, 0.1) is 5.92 Å². The van der Waals surface area contributed by atoms with Crippen LogP contribution in [0.5, 0.6) is 17.2 Å². The van der Waals surface area contributed by atoms with Crippen LogP contribution in [0.4, 0.5) is 0 Å². The van der Waals surface area contributed by atoms with Crippen molar-refractivity contribution in [1.82, 2.24) is 4.57 Å². The fourth-order valence-electron chi connectivity index (χ4n) is 4.19. The van der Waals surface area contributed by atoms with E-state index in [1.807, 2.05) is 38.1 Å². The number of esters is 2. The minimum Gasteiger partial charge on any atom is -0.497 e. The third-order valence-electron chi connectivity index (χ3n) is 5.94. The third kappa shape index (κ3) is 5.96. The van der Waals surface area contributed by atoms with Crippen LogP contribution in [0.15, 0.2) is 63.5 Å². The summed E-state index contributed by atoms with van der Waals surface area (Å²) in [6, 6.07) is 11.4. The normalized spacial score (nSPS) is 15.1. The van der Waals surface area contributed by atoms with Gasteiger partial charge in [0.15, 0.2) is 16.3 Å². The van der Waals surface area contributed by atoms with Crippen molar-refractivity contribution in [2.24, 2.45) is 10.9 Å². The number of rotatable bonds is 8. The van der Waals surface area contributed by atoms with Gasteiger partial charge in [0, 0.05) is 6.92 Å². The molecule has 0 saturated heterocycles. The predicted molar refractivity (Wildman–Crippen MR) is 147 cm³/mol. The largest absolute Gasteiger partial charge is 0.497 e. The molecule has 3 aromatic rings. The van der Waals surface area contributed by atoms with Crippen LogP contribution in [0.1, 0.15) is 44.9 Å². The summed E-state index contributed by atoms with van der Waals surface area (Å²) in [6.45, 7) is 7.12. The number of hydrogen-bond acceptors (Lipinski definition) is 9. The number of nitrogens with zero attached hydrogens (tertiary/aromatic N) is 2. The summed E-state index contributed by atoms with van der Waals surface area (Å²) in [5, 5.41) is 0. The Balaban J connectivity index is 1.92. The summed E-state index contributed by atoms with van der Waals surface area (Å²) in [4.78, 5) is 43.9. The first-order valence-electron chi connectivity index (χ1n) is 12.3. The number of thiazole rings is 1. The summed E-state index contributed by atoms with van der Waals surface area (Å²) in [5.74, 6) is 0.246. The molecule has 9 nitrogen and oxygen atoms in total. The van der Waals surface area contributed by atoms with Crippen molar-refractivity contribution >= 4 is 29.4 Å². The van der Waals surface area contributed by atoms with E-state index < -0.39 is 18.0 Å². The quantitative estimate of drug-likeness (QED) is 0.313. The lowest BCUT2D eigenvalue weighted by Crippen LogP contribution is -2.40. The number of benzene rings is 2. The number of hydrogen-bond donors (Lipinski definition) is 0. The van der Waals surface area contributed by atoms with Crippen molar-refractivity contribution in [2.75, 3.05) is 20.8 Å². The Kier molecular flexibility index (Phi) is 8.35. The van der Waals surface area contributed by atoms with Crippen molar-refractivity contribution in [3.8, 4) is 17.2 Å². The molecule has 2 heterocycles. The van der Waals surface area contributed by atoms with E-state index in [-0.39, 0.29) is 35.2 Å². The van der Waals surface area contributed by atoms with E-state index >= 15 is 0 Å². The Morgan fingerprint density at radius 1 is 1.10 bits per heavy atom. The van der Waals surface area contributed by atoms with Crippen LogP contribution < -0.4 is 29.1 Å². The summed E-state index contributed by atoms with van der Waals surface area (Å²) in [5.41, 5.74) is 1.75. The second-order valence-corrected chi connectivity index (χ2v) is 10.4. The van der Waals surface area contributed by atoms with Gasteiger partial charge in [0.1, 0.15) is 5.75 Å². The molecule has 0 amide bonds. The maximum atomic E-state index is 13.8. The van der Waals surface area contributed by atoms with E-state index in [1.165, 1.54) is 29.9 Å². The Labute approximate surface area is 229 Å². The fraction of sp³-hybridized carbons (Fsp3) is 0.310. The molecule has 1 aliphatic rings. The molecule has 10 heteroatoms. The number of aromatic nitrogens is 1.